The number of rotatable bonds is 9. The topological polar surface area (TPSA) is 126 Å². The number of nitrogens with one attached hydrogen (secondary N) is 1. The van der Waals surface area contributed by atoms with Crippen molar-refractivity contribution in [3.63, 3.8) is 0 Å². The van der Waals surface area contributed by atoms with Gasteiger partial charge in [-0.2, -0.15) is 35.1 Å². The molecule has 0 atom stereocenters. The van der Waals surface area contributed by atoms with Crippen molar-refractivity contribution in [1.82, 2.24) is 10.2 Å². The number of anilines is 2. The summed E-state index contributed by atoms with van der Waals surface area (Å²) in [5.41, 5.74) is 0.635. The number of azo groups is 1. The van der Waals surface area contributed by atoms with Gasteiger partial charge >= 0.3 is 24.4 Å². The Kier molecular flexibility index (Phi) is 8.68. The number of nitrogens with zero attached hydrogens (tertiary/aromatic N) is 5. The summed E-state index contributed by atoms with van der Waals surface area (Å²) in [5, 5.41) is 12.2. The van der Waals surface area contributed by atoms with Crippen molar-refractivity contribution in [1.29, 1.82) is 0 Å². The zero-order valence-corrected chi connectivity index (χ0v) is 21.2. The van der Waals surface area contributed by atoms with Gasteiger partial charge in [-0.3, -0.25) is 4.72 Å². The standard InChI is InChI=1S/C19H18F8N6O4S2/c1-2-5-33-6-3-4-10-7-11(12(8-13(10)33)32-39(35,36)9-17(20,21)22)28-30-16-31-29-14(38-16)15(34)37-19(26,27)18(23,24)25/h7-8,32H,2-6,9H2,1H3. The van der Waals surface area contributed by atoms with Crippen LogP contribution in [0.5, 0.6) is 0 Å². The van der Waals surface area contributed by atoms with Crippen LogP contribution in [0.25, 0.3) is 0 Å². The molecule has 0 saturated carbocycles. The molecule has 1 aliphatic heterocycles. The van der Waals surface area contributed by atoms with E-state index in [1.54, 1.807) is 0 Å². The Balaban J connectivity index is 1.93. The molecule has 0 fully saturated rings. The average Bonchev–Trinajstić information content (AvgIpc) is 3.24. The van der Waals surface area contributed by atoms with E-state index in [-0.39, 0.29) is 22.7 Å². The molecule has 216 valence electrons. The molecule has 0 aliphatic carbocycles. The molecule has 0 bridgehead atoms. The number of aryl methyl sites for hydroxylation is 1. The maximum absolute atomic E-state index is 13.0. The summed E-state index contributed by atoms with van der Waals surface area (Å²) in [7, 11) is -4.94. The Labute approximate surface area is 219 Å². The number of esters is 1. The fourth-order valence-electron chi connectivity index (χ4n) is 3.43. The lowest BCUT2D eigenvalue weighted by Crippen LogP contribution is -2.40. The smallest absolute Gasteiger partial charge is 0.388 e. The Hall–Kier alpha value is -3.16. The highest BCUT2D eigenvalue weighted by atomic mass is 32.2. The lowest BCUT2D eigenvalue weighted by atomic mass is 10.00. The van der Waals surface area contributed by atoms with Crippen LogP contribution in [0, 0.1) is 0 Å². The van der Waals surface area contributed by atoms with Gasteiger partial charge in [-0.15, -0.1) is 20.4 Å². The summed E-state index contributed by atoms with van der Waals surface area (Å²) in [6.45, 7) is 3.10. The molecule has 1 N–H and O–H groups in total. The highest BCUT2D eigenvalue weighted by molar-refractivity contribution is 7.92. The minimum atomic E-state index is -6.18. The number of carbonyl (C=O) groups is 1. The second kappa shape index (κ2) is 11.1. The van der Waals surface area contributed by atoms with E-state index in [1.807, 2.05) is 16.5 Å². The molecule has 10 nitrogen and oxygen atoms in total. The number of hydrogen-bond acceptors (Lipinski definition) is 10. The van der Waals surface area contributed by atoms with Gasteiger partial charge in [-0.05, 0) is 37.0 Å². The predicted octanol–water partition coefficient (Wildman–Crippen LogP) is 5.73. The van der Waals surface area contributed by atoms with Gasteiger partial charge in [-0.25, -0.2) is 13.2 Å². The summed E-state index contributed by atoms with van der Waals surface area (Å²) >= 11 is 0.121. The quantitative estimate of drug-likeness (QED) is 0.218. The third-order valence-electron chi connectivity index (χ3n) is 4.91. The number of sulfonamides is 1. The third-order valence-corrected chi connectivity index (χ3v) is 6.93. The van der Waals surface area contributed by atoms with Gasteiger partial charge in [0.05, 0.1) is 5.69 Å². The molecule has 1 aliphatic rings. The van der Waals surface area contributed by atoms with Gasteiger partial charge in [0.25, 0.3) is 5.13 Å². The van der Waals surface area contributed by atoms with E-state index in [2.05, 4.69) is 25.2 Å². The van der Waals surface area contributed by atoms with E-state index in [0.717, 1.165) is 6.42 Å². The Morgan fingerprint density at radius 2 is 1.82 bits per heavy atom. The molecule has 0 spiro atoms. The van der Waals surface area contributed by atoms with Gasteiger partial charge in [-0.1, -0.05) is 18.3 Å². The van der Waals surface area contributed by atoms with Crippen molar-refractivity contribution in [2.24, 2.45) is 10.2 Å². The molecule has 2 aromatic rings. The minimum absolute atomic E-state index is 0.121. The predicted molar refractivity (Wildman–Crippen MR) is 121 cm³/mol. The van der Waals surface area contributed by atoms with Crippen LogP contribution >= 0.6 is 11.3 Å². The lowest BCUT2D eigenvalue weighted by molar-refractivity contribution is -0.370. The molecular weight excluding hydrogens is 592 g/mol. The zero-order valence-electron chi connectivity index (χ0n) is 19.6. The van der Waals surface area contributed by atoms with Gasteiger partial charge in [0.15, 0.2) is 5.75 Å². The van der Waals surface area contributed by atoms with Crippen molar-refractivity contribution in [3.8, 4) is 0 Å². The first-order valence-electron chi connectivity index (χ1n) is 10.8. The van der Waals surface area contributed by atoms with Crippen molar-refractivity contribution >= 4 is 49.5 Å². The monoisotopic (exact) mass is 610 g/mol. The molecule has 20 heteroatoms. The first-order valence-corrected chi connectivity index (χ1v) is 13.3. The van der Waals surface area contributed by atoms with Crippen molar-refractivity contribution in [2.75, 3.05) is 28.5 Å². The Bertz CT molecular complexity index is 1340. The van der Waals surface area contributed by atoms with Crippen LogP contribution in [-0.2, 0) is 21.2 Å². The third kappa shape index (κ3) is 7.93. The van der Waals surface area contributed by atoms with Crippen LogP contribution in [-0.4, -0.2) is 61.9 Å². The molecule has 39 heavy (non-hydrogen) atoms. The van der Waals surface area contributed by atoms with E-state index in [4.69, 9.17) is 0 Å². The van der Waals surface area contributed by atoms with Crippen LogP contribution < -0.4 is 9.62 Å². The molecule has 3 rings (SSSR count). The van der Waals surface area contributed by atoms with Crippen LogP contribution in [0.1, 0.15) is 35.1 Å². The molecule has 0 unspecified atom stereocenters. The number of aromatic nitrogens is 2. The zero-order chi connectivity index (χ0) is 29.2. The molecule has 0 radical (unpaired) electrons. The normalized spacial score (nSPS) is 14.9. The number of alkyl halides is 8. The molecule has 1 aromatic heterocycles. The first kappa shape index (κ1) is 30.4. The molecule has 2 heterocycles. The average molecular weight is 611 g/mol. The number of hydrogen-bond donors (Lipinski definition) is 1. The van der Waals surface area contributed by atoms with E-state index < -0.39 is 50.3 Å². The SMILES string of the molecule is CCCN1CCCc2cc(N=Nc3nnc(C(=O)OC(F)(F)C(F)(F)F)s3)c(NS(=O)(=O)CC(F)(F)F)cc21. The number of benzene rings is 1. The van der Waals surface area contributed by atoms with Crippen molar-refractivity contribution in [3.05, 3.63) is 22.7 Å². The van der Waals surface area contributed by atoms with Crippen LogP contribution in [0.4, 0.5) is 57.3 Å². The summed E-state index contributed by atoms with van der Waals surface area (Å²) in [5.74, 6) is -4.33. The van der Waals surface area contributed by atoms with E-state index in [1.165, 1.54) is 12.1 Å². The maximum atomic E-state index is 13.0. The Morgan fingerprint density at radius 1 is 1.13 bits per heavy atom. The number of ether oxygens (including phenoxy) is 1. The molecule has 0 amide bonds. The summed E-state index contributed by atoms with van der Waals surface area (Å²) in [6.07, 6.45) is -15.0. The summed E-state index contributed by atoms with van der Waals surface area (Å²) < 4.78 is 130. The second-order valence-electron chi connectivity index (χ2n) is 8.06. The maximum Gasteiger partial charge on any atom is 0.501 e. The number of carbonyl (C=O) groups excluding carboxylic acids is 1. The molecule has 1 aromatic carbocycles. The summed E-state index contributed by atoms with van der Waals surface area (Å²) in [4.78, 5) is 13.5. The van der Waals surface area contributed by atoms with Crippen LogP contribution in [0.15, 0.2) is 22.4 Å². The fourth-order valence-corrected chi connectivity index (χ4v) is 4.98. The lowest BCUT2D eigenvalue weighted by Gasteiger charge is -2.32. The minimum Gasteiger partial charge on any atom is -0.388 e. The first-order chi connectivity index (χ1) is 17.9. The van der Waals surface area contributed by atoms with Crippen molar-refractivity contribution < 1.29 is 53.1 Å². The Morgan fingerprint density at radius 3 is 2.44 bits per heavy atom. The summed E-state index contributed by atoms with van der Waals surface area (Å²) in [6, 6.07) is 2.68. The molecular formula is C19H18F8N6O4S2. The highest BCUT2D eigenvalue weighted by Gasteiger charge is 2.62. The van der Waals surface area contributed by atoms with Gasteiger partial charge in [0.1, 0.15) is 5.69 Å². The van der Waals surface area contributed by atoms with E-state index in [9.17, 15) is 48.3 Å². The van der Waals surface area contributed by atoms with Crippen LogP contribution in [0.3, 0.4) is 0 Å². The number of halogens is 8. The largest absolute Gasteiger partial charge is 0.501 e. The van der Waals surface area contributed by atoms with Crippen LogP contribution in [0.2, 0.25) is 0 Å². The van der Waals surface area contributed by atoms with E-state index >= 15 is 0 Å². The van der Waals surface area contributed by atoms with E-state index in [0.29, 0.717) is 37.2 Å². The van der Waals surface area contributed by atoms with Gasteiger partial charge in [0, 0.05) is 18.8 Å². The molecule has 0 saturated heterocycles. The highest BCUT2D eigenvalue weighted by Crippen LogP contribution is 2.40. The van der Waals surface area contributed by atoms with Gasteiger partial charge < -0.3 is 9.64 Å². The second-order valence-corrected chi connectivity index (χ2v) is 10.7. The number of fused-ring (bicyclic) bond motifs is 1. The van der Waals surface area contributed by atoms with Crippen molar-refractivity contribution in [2.45, 2.75) is 44.6 Å². The fraction of sp³-hybridized carbons (Fsp3) is 0.526. The van der Waals surface area contributed by atoms with Gasteiger partial charge in [0.2, 0.25) is 15.0 Å².